The highest BCUT2D eigenvalue weighted by molar-refractivity contribution is 6.06. The number of anilines is 2. The number of nitrogens with zero attached hydrogens (tertiary/aromatic N) is 1. The van der Waals surface area contributed by atoms with E-state index in [1.807, 2.05) is 48.5 Å². The van der Waals surface area contributed by atoms with Crippen LogP contribution in [0.3, 0.4) is 0 Å². The Labute approximate surface area is 194 Å². The second-order valence-electron chi connectivity index (χ2n) is 9.25. The number of carbonyl (C=O) groups excluding carboxylic acids is 2. The SMILES string of the molecule is COCCNC(=O)N1c2ccccc2NC2=C(C(=O)CC(C)(C)C2)[C@H]1c1ccc(OC)cc1. The lowest BCUT2D eigenvalue weighted by atomic mass is 9.73. The molecule has 0 saturated heterocycles. The number of nitrogens with one attached hydrogen (secondary N) is 2. The Bertz CT molecular complexity index is 1080. The number of Topliss-reactive ketones (excluding diaryl/α,β-unsaturated/α-hetero) is 1. The molecule has 7 heteroatoms. The van der Waals surface area contributed by atoms with Gasteiger partial charge in [0, 0.05) is 31.3 Å². The average molecular weight is 450 g/mol. The van der Waals surface area contributed by atoms with E-state index in [1.54, 1.807) is 19.1 Å². The smallest absolute Gasteiger partial charge is 0.322 e. The maximum atomic E-state index is 13.6. The minimum atomic E-state index is -0.576. The van der Waals surface area contributed by atoms with Crippen LogP contribution in [0.2, 0.25) is 0 Å². The first-order chi connectivity index (χ1) is 15.8. The molecule has 2 aliphatic rings. The summed E-state index contributed by atoms with van der Waals surface area (Å²) in [5.41, 5.74) is 3.70. The first kappa shape index (κ1) is 22.9. The van der Waals surface area contributed by atoms with E-state index in [9.17, 15) is 9.59 Å². The number of ketones is 1. The number of hydrogen-bond acceptors (Lipinski definition) is 5. The summed E-state index contributed by atoms with van der Waals surface area (Å²) < 4.78 is 10.4. The highest BCUT2D eigenvalue weighted by atomic mass is 16.5. The van der Waals surface area contributed by atoms with Gasteiger partial charge in [0.05, 0.1) is 31.1 Å². The molecule has 7 nitrogen and oxygen atoms in total. The number of urea groups is 1. The molecule has 2 amide bonds. The van der Waals surface area contributed by atoms with Gasteiger partial charge in [-0.15, -0.1) is 0 Å². The summed E-state index contributed by atoms with van der Waals surface area (Å²) in [6.45, 7) is 4.97. The topological polar surface area (TPSA) is 79.9 Å². The van der Waals surface area contributed by atoms with E-state index >= 15 is 0 Å². The standard InChI is InChI=1S/C26H31N3O4/c1-26(2)15-20-23(22(30)16-26)24(17-9-11-18(33-4)12-10-17)29(25(31)27-13-14-32-3)21-8-6-5-7-19(21)28-20/h5-12,24,28H,13-16H2,1-4H3,(H,27,31)/t24-/m1/s1. The Kier molecular flexibility index (Phi) is 6.42. The van der Waals surface area contributed by atoms with Crippen molar-refractivity contribution < 1.29 is 19.1 Å². The van der Waals surface area contributed by atoms with Crippen LogP contribution in [0.1, 0.15) is 38.3 Å². The third-order valence-electron chi connectivity index (χ3n) is 6.13. The van der Waals surface area contributed by atoms with Crippen molar-refractivity contribution in [2.75, 3.05) is 37.6 Å². The molecule has 174 valence electrons. The number of para-hydroxylation sites is 2. The normalized spacial score (nSPS) is 19.2. The minimum absolute atomic E-state index is 0.0528. The number of methoxy groups -OCH3 is 2. The molecule has 1 aliphatic heterocycles. The molecular weight excluding hydrogens is 418 g/mol. The highest BCUT2D eigenvalue weighted by Crippen LogP contribution is 2.48. The predicted octanol–water partition coefficient (Wildman–Crippen LogP) is 4.67. The Morgan fingerprint density at radius 3 is 2.55 bits per heavy atom. The van der Waals surface area contributed by atoms with E-state index < -0.39 is 6.04 Å². The van der Waals surface area contributed by atoms with E-state index in [2.05, 4.69) is 24.5 Å². The average Bonchev–Trinajstić information content (AvgIpc) is 2.92. The number of fused-ring (bicyclic) bond motifs is 1. The van der Waals surface area contributed by atoms with Crippen LogP contribution in [-0.2, 0) is 9.53 Å². The van der Waals surface area contributed by atoms with Crippen molar-refractivity contribution in [1.29, 1.82) is 0 Å². The molecule has 0 bridgehead atoms. The van der Waals surface area contributed by atoms with Gasteiger partial charge >= 0.3 is 6.03 Å². The largest absolute Gasteiger partial charge is 0.497 e. The predicted molar refractivity (Wildman–Crippen MR) is 129 cm³/mol. The molecule has 2 aromatic carbocycles. The number of ether oxygens (including phenoxy) is 2. The zero-order valence-electron chi connectivity index (χ0n) is 19.6. The summed E-state index contributed by atoms with van der Waals surface area (Å²) in [6.07, 6.45) is 1.14. The van der Waals surface area contributed by atoms with Crippen LogP contribution in [0, 0.1) is 5.41 Å². The Morgan fingerprint density at radius 1 is 1.12 bits per heavy atom. The lowest BCUT2D eigenvalue weighted by Crippen LogP contribution is -2.45. The van der Waals surface area contributed by atoms with Gasteiger partial charge in [-0.25, -0.2) is 4.79 Å². The summed E-state index contributed by atoms with van der Waals surface area (Å²) >= 11 is 0. The molecule has 0 saturated carbocycles. The molecule has 2 N–H and O–H groups in total. The summed E-state index contributed by atoms with van der Waals surface area (Å²) in [4.78, 5) is 28.9. The number of carbonyl (C=O) groups is 2. The zero-order valence-corrected chi connectivity index (χ0v) is 19.6. The van der Waals surface area contributed by atoms with Crippen molar-refractivity contribution >= 4 is 23.2 Å². The van der Waals surface area contributed by atoms with Crippen molar-refractivity contribution in [3.8, 4) is 5.75 Å². The fraction of sp³-hybridized carbons (Fsp3) is 0.385. The Hall–Kier alpha value is -3.32. The van der Waals surface area contributed by atoms with Crippen LogP contribution in [0.25, 0.3) is 0 Å². The summed E-state index contributed by atoms with van der Waals surface area (Å²) in [5, 5.41) is 6.46. The molecule has 0 fully saturated rings. The molecule has 0 aromatic heterocycles. The lowest BCUT2D eigenvalue weighted by molar-refractivity contribution is -0.118. The van der Waals surface area contributed by atoms with Gasteiger partial charge in [0.15, 0.2) is 5.78 Å². The second-order valence-corrected chi connectivity index (χ2v) is 9.25. The van der Waals surface area contributed by atoms with Gasteiger partial charge in [0.1, 0.15) is 5.75 Å². The summed E-state index contributed by atoms with van der Waals surface area (Å²) in [7, 11) is 3.21. The third kappa shape index (κ3) is 4.59. The van der Waals surface area contributed by atoms with Crippen molar-refractivity contribution in [3.05, 3.63) is 65.4 Å². The maximum absolute atomic E-state index is 13.6. The Balaban J connectivity index is 1.91. The van der Waals surface area contributed by atoms with Crippen molar-refractivity contribution in [2.24, 2.45) is 5.41 Å². The molecular formula is C26H31N3O4. The first-order valence-corrected chi connectivity index (χ1v) is 11.2. The Morgan fingerprint density at radius 2 is 1.85 bits per heavy atom. The third-order valence-corrected chi connectivity index (χ3v) is 6.13. The van der Waals surface area contributed by atoms with Crippen LogP contribution in [-0.4, -0.2) is 39.2 Å². The fourth-order valence-electron chi connectivity index (χ4n) is 4.66. The molecule has 33 heavy (non-hydrogen) atoms. The number of amides is 2. The second kappa shape index (κ2) is 9.27. The zero-order chi connectivity index (χ0) is 23.6. The van der Waals surface area contributed by atoms with Crippen molar-refractivity contribution in [3.63, 3.8) is 0 Å². The fourth-order valence-corrected chi connectivity index (χ4v) is 4.66. The van der Waals surface area contributed by atoms with E-state index in [4.69, 9.17) is 9.47 Å². The summed E-state index contributed by atoms with van der Waals surface area (Å²) in [6, 6.07) is 14.4. The molecule has 1 atom stereocenters. The van der Waals surface area contributed by atoms with Crippen molar-refractivity contribution in [1.82, 2.24) is 5.32 Å². The molecule has 1 aliphatic carbocycles. The number of hydrogen-bond donors (Lipinski definition) is 2. The molecule has 2 aromatic rings. The summed E-state index contributed by atoms with van der Waals surface area (Å²) in [5.74, 6) is 0.768. The number of benzene rings is 2. The van der Waals surface area contributed by atoms with E-state index in [0.29, 0.717) is 43.0 Å². The van der Waals surface area contributed by atoms with Gasteiger partial charge in [0.2, 0.25) is 0 Å². The van der Waals surface area contributed by atoms with E-state index in [-0.39, 0.29) is 17.2 Å². The monoisotopic (exact) mass is 449 g/mol. The molecule has 0 radical (unpaired) electrons. The number of allylic oxidation sites excluding steroid dienone is 1. The van der Waals surface area contributed by atoms with Gasteiger partial charge in [0.25, 0.3) is 0 Å². The van der Waals surface area contributed by atoms with Crippen LogP contribution in [0.5, 0.6) is 5.75 Å². The van der Waals surface area contributed by atoms with Crippen LogP contribution in [0.15, 0.2) is 59.8 Å². The molecule has 1 heterocycles. The van der Waals surface area contributed by atoms with Gasteiger partial charge < -0.3 is 20.1 Å². The first-order valence-electron chi connectivity index (χ1n) is 11.2. The lowest BCUT2D eigenvalue weighted by Gasteiger charge is -2.37. The van der Waals surface area contributed by atoms with Gasteiger partial charge in [-0.2, -0.15) is 0 Å². The van der Waals surface area contributed by atoms with Crippen LogP contribution >= 0.6 is 0 Å². The van der Waals surface area contributed by atoms with E-state index in [0.717, 1.165) is 16.9 Å². The van der Waals surface area contributed by atoms with Crippen molar-refractivity contribution in [2.45, 2.75) is 32.7 Å². The molecule has 4 rings (SSSR count). The van der Waals surface area contributed by atoms with Gasteiger partial charge in [-0.05, 0) is 41.7 Å². The molecule has 0 spiro atoms. The van der Waals surface area contributed by atoms with E-state index in [1.165, 1.54) is 0 Å². The van der Waals surface area contributed by atoms with Gasteiger partial charge in [-0.3, -0.25) is 9.69 Å². The van der Waals surface area contributed by atoms with Crippen LogP contribution < -0.4 is 20.3 Å². The highest BCUT2D eigenvalue weighted by Gasteiger charge is 2.43. The quantitative estimate of drug-likeness (QED) is 0.649. The van der Waals surface area contributed by atoms with Crippen LogP contribution in [0.4, 0.5) is 16.2 Å². The molecule has 0 unspecified atom stereocenters. The number of rotatable bonds is 5. The maximum Gasteiger partial charge on any atom is 0.322 e. The minimum Gasteiger partial charge on any atom is -0.497 e. The van der Waals surface area contributed by atoms with Gasteiger partial charge in [-0.1, -0.05) is 38.1 Å².